The fourth-order valence-corrected chi connectivity index (χ4v) is 12.6. The van der Waals surface area contributed by atoms with Gasteiger partial charge in [-0.2, -0.15) is 4.98 Å². The van der Waals surface area contributed by atoms with E-state index in [-0.39, 0.29) is 27.4 Å². The molecule has 0 unspecified atom stereocenters. The van der Waals surface area contributed by atoms with Crippen LogP contribution in [0.5, 0.6) is 0 Å². The van der Waals surface area contributed by atoms with E-state index in [2.05, 4.69) is 55.3 Å². The van der Waals surface area contributed by atoms with E-state index in [4.69, 9.17) is 9.16 Å². The summed E-state index contributed by atoms with van der Waals surface area (Å²) in [6.45, 7) is 6.97. The van der Waals surface area contributed by atoms with Crippen LogP contribution >= 0.6 is 11.8 Å². The molecule has 8 nitrogen and oxygen atoms in total. The summed E-state index contributed by atoms with van der Waals surface area (Å²) in [4.78, 5) is 43.6. The second kappa shape index (κ2) is 14.8. The molecule has 1 fully saturated rings. The monoisotopic (exact) mass is 689 g/mol. The van der Waals surface area contributed by atoms with Crippen molar-refractivity contribution < 1.29 is 18.8 Å². The maximum Gasteiger partial charge on any atom is 0.350 e. The van der Waals surface area contributed by atoms with Crippen LogP contribution in [0.25, 0.3) is 0 Å². The van der Waals surface area contributed by atoms with Gasteiger partial charge in [0.25, 0.3) is 14.2 Å². The number of benzene rings is 4. The lowest BCUT2D eigenvalue weighted by atomic mass is 10.1. The van der Waals surface area contributed by atoms with Crippen LogP contribution in [0.4, 0.5) is 5.82 Å². The Hall–Kier alpha value is -4.77. The molecule has 2 heterocycles. The zero-order valence-corrected chi connectivity index (χ0v) is 29.5. The smallest absolute Gasteiger partial charge is 0.350 e. The third-order valence-corrected chi connectivity index (χ3v) is 15.3. The Balaban J connectivity index is 1.29. The van der Waals surface area contributed by atoms with Crippen molar-refractivity contribution in [2.24, 2.45) is 0 Å². The Morgan fingerprint density at radius 1 is 0.816 bits per heavy atom. The van der Waals surface area contributed by atoms with E-state index in [0.717, 1.165) is 10.4 Å². The lowest BCUT2D eigenvalue weighted by Gasteiger charge is -2.43. The molecule has 0 spiro atoms. The highest BCUT2D eigenvalue weighted by atomic mass is 32.2. The highest BCUT2D eigenvalue weighted by Gasteiger charge is 2.51. The average molecular weight is 690 g/mol. The van der Waals surface area contributed by atoms with Crippen LogP contribution in [-0.4, -0.2) is 47.7 Å². The molecule has 0 aliphatic carbocycles. The highest BCUT2D eigenvalue weighted by Crippen LogP contribution is 2.44. The van der Waals surface area contributed by atoms with Gasteiger partial charge in [-0.05, 0) is 45.7 Å². The number of nitrogens with one attached hydrogen (secondary N) is 1. The van der Waals surface area contributed by atoms with Crippen molar-refractivity contribution in [1.82, 2.24) is 9.55 Å². The molecule has 1 aliphatic rings. The van der Waals surface area contributed by atoms with Gasteiger partial charge in [0.1, 0.15) is 11.9 Å². The first-order valence-electron chi connectivity index (χ1n) is 16.3. The molecule has 10 heteroatoms. The summed E-state index contributed by atoms with van der Waals surface area (Å²) in [5, 5.41) is 4.12. The molecule has 1 aromatic heterocycles. The van der Waals surface area contributed by atoms with Crippen LogP contribution in [0.15, 0.2) is 138 Å². The minimum absolute atomic E-state index is 0.164. The number of aromatic nitrogens is 2. The van der Waals surface area contributed by atoms with Crippen molar-refractivity contribution >= 4 is 48.1 Å². The van der Waals surface area contributed by atoms with Crippen molar-refractivity contribution in [1.29, 1.82) is 0 Å². The number of hydrogen-bond acceptors (Lipinski definition) is 7. The SMILES string of the molecule is CC(C)(C)[Si](OC[C@H]1S[C@@H](n2ccc(NC(=O)c3ccccc3)nc2=O)C[C@@H]1OC(=O)c1ccccc1)(c1ccccc1)c1ccccc1. The molecule has 0 bridgehead atoms. The standard InChI is InChI=1S/C39H39N3O5SSi/c1-39(2,3)49(30-20-12-6-13-21-30,31-22-14-7-15-23-31)46-27-33-32(47-37(44)29-18-10-5-11-19-29)26-35(48-33)42-25-24-34(41-38(42)45)40-36(43)28-16-8-4-9-17-28/h4-25,32-33,35H,26-27H2,1-3H3,(H,40,41,43,45)/t32-,33+,35+/m0/s1. The van der Waals surface area contributed by atoms with E-state index in [1.54, 1.807) is 60.8 Å². The molecule has 250 valence electrons. The number of hydrogen-bond donors (Lipinski definition) is 1. The van der Waals surface area contributed by atoms with Gasteiger partial charge in [-0.15, -0.1) is 11.8 Å². The van der Waals surface area contributed by atoms with Crippen LogP contribution in [0.1, 0.15) is 53.3 Å². The Kier molecular flexibility index (Phi) is 10.3. The number of thioether (sulfide) groups is 1. The minimum atomic E-state index is -2.89. The van der Waals surface area contributed by atoms with Crippen molar-refractivity contribution in [3.63, 3.8) is 0 Å². The van der Waals surface area contributed by atoms with Gasteiger partial charge in [0, 0.05) is 18.2 Å². The second-order valence-electron chi connectivity index (χ2n) is 13.0. The summed E-state index contributed by atoms with van der Waals surface area (Å²) in [5.41, 5.74) is 0.414. The first kappa shape index (κ1) is 34.1. The van der Waals surface area contributed by atoms with E-state index in [1.165, 1.54) is 16.3 Å². The fourth-order valence-electron chi connectivity index (χ4n) is 6.37. The molecule has 1 amide bonds. The molecule has 0 saturated carbocycles. The van der Waals surface area contributed by atoms with E-state index in [0.29, 0.717) is 24.2 Å². The van der Waals surface area contributed by atoms with Gasteiger partial charge in [-0.25, -0.2) is 9.59 Å². The molecule has 1 saturated heterocycles. The zero-order chi connectivity index (χ0) is 34.4. The summed E-state index contributed by atoms with van der Waals surface area (Å²) in [6, 6.07) is 40.1. The molecule has 49 heavy (non-hydrogen) atoms. The Labute approximate surface area is 291 Å². The van der Waals surface area contributed by atoms with Gasteiger partial charge >= 0.3 is 11.7 Å². The summed E-state index contributed by atoms with van der Waals surface area (Å²) in [6.07, 6.45) is 1.48. The van der Waals surface area contributed by atoms with Crippen LogP contribution in [0.2, 0.25) is 5.04 Å². The number of nitrogens with zero attached hydrogens (tertiary/aromatic N) is 2. The van der Waals surface area contributed by atoms with Gasteiger partial charge in [0.15, 0.2) is 0 Å². The van der Waals surface area contributed by atoms with Crippen molar-refractivity contribution in [2.75, 3.05) is 11.9 Å². The second-order valence-corrected chi connectivity index (χ2v) is 18.7. The largest absolute Gasteiger partial charge is 0.457 e. The van der Waals surface area contributed by atoms with Gasteiger partial charge in [-0.1, -0.05) is 118 Å². The molecule has 6 rings (SSSR count). The first-order chi connectivity index (χ1) is 23.7. The van der Waals surface area contributed by atoms with E-state index >= 15 is 0 Å². The van der Waals surface area contributed by atoms with Gasteiger partial charge in [-0.3, -0.25) is 9.36 Å². The van der Waals surface area contributed by atoms with Crippen molar-refractivity contribution in [3.8, 4) is 0 Å². The number of rotatable bonds is 10. The number of carbonyl (C=O) groups excluding carboxylic acids is 2. The van der Waals surface area contributed by atoms with Crippen molar-refractivity contribution in [2.45, 2.75) is 49.0 Å². The third-order valence-electron chi connectivity index (χ3n) is 8.75. The quantitative estimate of drug-likeness (QED) is 0.136. The molecular formula is C39H39N3O5SSi. The van der Waals surface area contributed by atoms with Crippen LogP contribution in [0, 0.1) is 0 Å². The predicted octanol–water partition coefficient (Wildman–Crippen LogP) is 6.30. The molecule has 4 aromatic carbocycles. The highest BCUT2D eigenvalue weighted by molar-refractivity contribution is 8.00. The topological polar surface area (TPSA) is 99.5 Å². The number of anilines is 1. The average Bonchev–Trinajstić information content (AvgIpc) is 3.51. The minimum Gasteiger partial charge on any atom is -0.457 e. The maximum absolute atomic E-state index is 13.4. The van der Waals surface area contributed by atoms with E-state index in [1.807, 2.05) is 48.5 Å². The van der Waals surface area contributed by atoms with Gasteiger partial charge in [0.2, 0.25) is 0 Å². The Morgan fingerprint density at radius 2 is 1.35 bits per heavy atom. The Morgan fingerprint density at radius 3 is 1.88 bits per heavy atom. The van der Waals surface area contributed by atoms with Crippen LogP contribution < -0.4 is 21.4 Å². The number of carbonyl (C=O) groups is 2. The normalized spacial score (nSPS) is 17.7. The van der Waals surface area contributed by atoms with E-state index in [9.17, 15) is 14.4 Å². The fraction of sp³-hybridized carbons (Fsp3) is 0.231. The molecule has 1 aliphatic heterocycles. The Bertz CT molecular complexity index is 1900. The summed E-state index contributed by atoms with van der Waals surface area (Å²) < 4.78 is 15.0. The van der Waals surface area contributed by atoms with Gasteiger partial charge in [0.05, 0.1) is 22.8 Å². The van der Waals surface area contributed by atoms with E-state index < -0.39 is 26.1 Å². The molecule has 5 aromatic rings. The lowest BCUT2D eigenvalue weighted by molar-refractivity contribution is 0.0258. The molecular weight excluding hydrogens is 651 g/mol. The van der Waals surface area contributed by atoms with Crippen LogP contribution in [-0.2, 0) is 9.16 Å². The number of amides is 1. The molecule has 1 N–H and O–H groups in total. The maximum atomic E-state index is 13.4. The third kappa shape index (κ3) is 7.46. The van der Waals surface area contributed by atoms with Gasteiger partial charge < -0.3 is 14.5 Å². The molecule has 0 radical (unpaired) electrons. The predicted molar refractivity (Wildman–Crippen MR) is 197 cm³/mol. The summed E-state index contributed by atoms with van der Waals surface area (Å²) in [5.74, 6) is -0.614. The lowest BCUT2D eigenvalue weighted by Crippen LogP contribution is -2.67. The molecule has 3 atom stereocenters. The number of esters is 1. The number of ether oxygens (including phenoxy) is 1. The first-order valence-corrected chi connectivity index (χ1v) is 19.1. The summed E-state index contributed by atoms with van der Waals surface area (Å²) in [7, 11) is -2.89. The summed E-state index contributed by atoms with van der Waals surface area (Å²) >= 11 is 1.54. The zero-order valence-electron chi connectivity index (χ0n) is 27.7. The van der Waals surface area contributed by atoms with Crippen LogP contribution in [0.3, 0.4) is 0 Å². The van der Waals surface area contributed by atoms with Crippen molar-refractivity contribution in [3.05, 3.63) is 155 Å².